The average molecular weight is 788 g/mol. The Kier molecular flexibility index (Phi) is 8.64. The van der Waals surface area contributed by atoms with Crippen molar-refractivity contribution in [3.05, 3.63) is 205 Å². The van der Waals surface area contributed by atoms with Crippen LogP contribution in [0.2, 0.25) is 19.6 Å². The van der Waals surface area contributed by atoms with E-state index in [0.29, 0.717) is 0 Å². The zero-order valence-corrected chi connectivity index (χ0v) is 35.2. The molecule has 3 heterocycles. The SMILES string of the molecule is C[Si](C)(C)c1ccc(-n2c3ccccc3c3cc(C4=Cc5c(c6ccccc6n5-c5cccc(-c6cc(-c7ccccc7)cc(-c7ccccc7)n6)c5)CC4)ccc32)cc1. The normalized spacial score (nSPS) is 12.9. The topological polar surface area (TPSA) is 22.8 Å². The van der Waals surface area contributed by atoms with Gasteiger partial charge in [0.2, 0.25) is 0 Å². The van der Waals surface area contributed by atoms with Gasteiger partial charge in [0.25, 0.3) is 0 Å². The van der Waals surface area contributed by atoms with Gasteiger partial charge in [0.15, 0.2) is 0 Å². The number of hydrogen-bond donors (Lipinski definition) is 0. The lowest BCUT2D eigenvalue weighted by atomic mass is 9.90. The first-order valence-corrected chi connectivity index (χ1v) is 24.6. The lowest BCUT2D eigenvalue weighted by molar-refractivity contribution is 0.981. The van der Waals surface area contributed by atoms with E-state index in [1.54, 1.807) is 0 Å². The Morgan fingerprint density at radius 1 is 0.417 bits per heavy atom. The molecule has 60 heavy (non-hydrogen) atoms. The van der Waals surface area contributed by atoms with Gasteiger partial charge in [-0.3, -0.25) is 0 Å². The van der Waals surface area contributed by atoms with Crippen molar-refractivity contribution >= 4 is 57.6 Å². The quantitative estimate of drug-likeness (QED) is 0.148. The van der Waals surface area contributed by atoms with Crippen LogP contribution in [0.25, 0.3) is 89.4 Å². The van der Waals surface area contributed by atoms with E-state index in [9.17, 15) is 0 Å². The molecule has 3 aromatic heterocycles. The summed E-state index contributed by atoms with van der Waals surface area (Å²) in [5, 5.41) is 5.38. The van der Waals surface area contributed by atoms with Crippen LogP contribution in [0.1, 0.15) is 23.2 Å². The maximum absolute atomic E-state index is 5.28. The van der Waals surface area contributed by atoms with Crippen molar-refractivity contribution in [2.75, 3.05) is 0 Å². The summed E-state index contributed by atoms with van der Waals surface area (Å²) in [7, 11) is -1.40. The largest absolute Gasteiger partial charge is 0.310 e. The van der Waals surface area contributed by atoms with Gasteiger partial charge in [-0.05, 0) is 107 Å². The van der Waals surface area contributed by atoms with Gasteiger partial charge in [0, 0.05) is 38.7 Å². The fourth-order valence-corrected chi connectivity index (χ4v) is 10.5. The molecule has 0 unspecified atom stereocenters. The number of aryl methyl sites for hydroxylation is 1. The van der Waals surface area contributed by atoms with E-state index < -0.39 is 8.07 Å². The number of benzene rings is 7. The zero-order valence-electron chi connectivity index (χ0n) is 34.2. The van der Waals surface area contributed by atoms with Crippen LogP contribution in [-0.2, 0) is 6.42 Å². The highest BCUT2D eigenvalue weighted by atomic mass is 28.3. The summed E-state index contributed by atoms with van der Waals surface area (Å²) in [6, 6.07) is 68.7. The number of pyridine rings is 1. The van der Waals surface area contributed by atoms with Crippen molar-refractivity contribution in [1.29, 1.82) is 0 Å². The molecule has 1 aliphatic rings. The Morgan fingerprint density at radius 2 is 1.03 bits per heavy atom. The Hall–Kier alpha value is -7.01. The van der Waals surface area contributed by atoms with Gasteiger partial charge in [0.05, 0.1) is 41.7 Å². The molecule has 11 rings (SSSR count). The van der Waals surface area contributed by atoms with Gasteiger partial charge in [-0.1, -0.05) is 152 Å². The fourth-order valence-electron chi connectivity index (χ4n) is 9.34. The summed E-state index contributed by atoms with van der Waals surface area (Å²) < 4.78 is 4.91. The highest BCUT2D eigenvalue weighted by molar-refractivity contribution is 6.88. The van der Waals surface area contributed by atoms with Crippen LogP contribution >= 0.6 is 0 Å². The zero-order chi connectivity index (χ0) is 40.4. The van der Waals surface area contributed by atoms with E-state index in [1.165, 1.54) is 71.5 Å². The van der Waals surface area contributed by atoms with E-state index in [4.69, 9.17) is 4.98 Å². The summed E-state index contributed by atoms with van der Waals surface area (Å²) in [4.78, 5) is 5.28. The molecule has 0 saturated carbocycles. The maximum Gasteiger partial charge on any atom is 0.0775 e. The van der Waals surface area contributed by atoms with Crippen molar-refractivity contribution in [1.82, 2.24) is 14.1 Å². The highest BCUT2D eigenvalue weighted by Gasteiger charge is 2.23. The molecule has 0 fully saturated rings. The number of allylic oxidation sites excluding steroid dienone is 1. The van der Waals surface area contributed by atoms with Crippen molar-refractivity contribution in [3.8, 4) is 45.0 Å². The van der Waals surface area contributed by atoms with Crippen molar-refractivity contribution in [3.63, 3.8) is 0 Å². The third kappa shape index (κ3) is 6.23. The van der Waals surface area contributed by atoms with Crippen LogP contribution in [0.3, 0.4) is 0 Å². The molecule has 1 aliphatic carbocycles. The lowest BCUT2D eigenvalue weighted by Gasteiger charge is -2.18. The Balaban J connectivity index is 1.03. The molecule has 0 atom stereocenters. The third-order valence-electron chi connectivity index (χ3n) is 12.4. The predicted molar refractivity (Wildman–Crippen MR) is 257 cm³/mol. The number of fused-ring (bicyclic) bond motifs is 6. The molecule has 3 nitrogen and oxygen atoms in total. The minimum Gasteiger partial charge on any atom is -0.310 e. The summed E-state index contributed by atoms with van der Waals surface area (Å²) in [6.07, 6.45) is 4.43. The molecule has 4 heteroatoms. The second-order valence-electron chi connectivity index (χ2n) is 17.2. The van der Waals surface area contributed by atoms with Crippen LogP contribution in [0, 0.1) is 0 Å². The summed E-state index contributed by atoms with van der Waals surface area (Å²) in [5.74, 6) is 0. The predicted octanol–water partition coefficient (Wildman–Crippen LogP) is 14.2. The minimum absolute atomic E-state index is 0.957. The number of para-hydroxylation sites is 2. The van der Waals surface area contributed by atoms with Crippen molar-refractivity contribution < 1.29 is 0 Å². The summed E-state index contributed by atoms with van der Waals surface area (Å²) in [6.45, 7) is 7.23. The van der Waals surface area contributed by atoms with Crippen LogP contribution < -0.4 is 5.19 Å². The van der Waals surface area contributed by atoms with Crippen LogP contribution in [0.5, 0.6) is 0 Å². The second-order valence-corrected chi connectivity index (χ2v) is 22.3. The van der Waals surface area contributed by atoms with Crippen LogP contribution in [0.4, 0.5) is 0 Å². The van der Waals surface area contributed by atoms with Crippen LogP contribution in [-0.4, -0.2) is 22.2 Å². The van der Waals surface area contributed by atoms with E-state index in [1.807, 2.05) is 0 Å². The minimum atomic E-state index is -1.40. The van der Waals surface area contributed by atoms with E-state index in [-0.39, 0.29) is 0 Å². The van der Waals surface area contributed by atoms with Gasteiger partial charge in [-0.2, -0.15) is 0 Å². The first-order valence-electron chi connectivity index (χ1n) is 21.1. The lowest BCUT2D eigenvalue weighted by Crippen LogP contribution is -2.37. The van der Waals surface area contributed by atoms with Gasteiger partial charge < -0.3 is 9.13 Å². The molecule has 7 aromatic carbocycles. The molecule has 10 aromatic rings. The molecular weight excluding hydrogens is 743 g/mol. The Labute approximate surface area is 352 Å². The molecule has 0 saturated heterocycles. The molecule has 0 aliphatic heterocycles. The maximum atomic E-state index is 5.28. The monoisotopic (exact) mass is 787 g/mol. The van der Waals surface area contributed by atoms with Gasteiger partial charge in [-0.15, -0.1) is 0 Å². The summed E-state index contributed by atoms with van der Waals surface area (Å²) in [5.41, 5.74) is 17.8. The molecule has 0 radical (unpaired) electrons. The van der Waals surface area contributed by atoms with Gasteiger partial charge in [-0.25, -0.2) is 4.98 Å². The summed E-state index contributed by atoms with van der Waals surface area (Å²) >= 11 is 0. The smallest absolute Gasteiger partial charge is 0.0775 e. The highest BCUT2D eigenvalue weighted by Crippen LogP contribution is 2.41. The number of hydrogen-bond acceptors (Lipinski definition) is 1. The number of rotatable bonds is 7. The average Bonchev–Trinajstić information content (AvgIpc) is 3.81. The first-order chi connectivity index (χ1) is 29.4. The number of aromatic nitrogens is 3. The molecule has 288 valence electrons. The fraction of sp³-hybridized carbons (Fsp3) is 0.0893. The third-order valence-corrected chi connectivity index (χ3v) is 14.5. The first kappa shape index (κ1) is 36.1. The molecule has 0 N–H and O–H groups in total. The molecular formula is C56H45N3Si. The van der Waals surface area contributed by atoms with E-state index in [2.05, 4.69) is 223 Å². The van der Waals surface area contributed by atoms with Gasteiger partial charge in [0.1, 0.15) is 0 Å². The van der Waals surface area contributed by atoms with E-state index >= 15 is 0 Å². The molecule has 0 spiro atoms. The Morgan fingerprint density at radius 3 is 1.77 bits per heavy atom. The van der Waals surface area contributed by atoms with Crippen molar-refractivity contribution in [2.45, 2.75) is 32.5 Å². The molecule has 0 amide bonds. The Bertz CT molecular complexity index is 3210. The van der Waals surface area contributed by atoms with Gasteiger partial charge >= 0.3 is 0 Å². The second kappa shape index (κ2) is 14.4. The number of nitrogens with zero attached hydrogens (tertiary/aromatic N) is 3. The molecule has 0 bridgehead atoms. The van der Waals surface area contributed by atoms with Crippen LogP contribution in [0.15, 0.2) is 188 Å². The van der Waals surface area contributed by atoms with Crippen molar-refractivity contribution in [2.24, 2.45) is 0 Å². The van der Waals surface area contributed by atoms with E-state index in [0.717, 1.165) is 46.6 Å². The standard InChI is InChI=1S/C56H45N3Si/c1-60(2,3)46-29-27-44(28-30-46)58-54-24-13-11-22-48(54)50-34-40(26-32-55(50)58)41-25-31-49-47-21-10-12-23-53(47)59(56(49)37-41)45-20-14-19-42(33-45)52-36-43(38-15-6-4-7-16-38)35-51(57-52)39-17-8-5-9-18-39/h4-24,26-30,32-37H,25,31H2,1-3H3.